The van der Waals surface area contributed by atoms with Gasteiger partial charge in [-0.2, -0.15) is 0 Å². The van der Waals surface area contributed by atoms with Gasteiger partial charge in [0, 0.05) is 12.6 Å². The lowest BCUT2D eigenvalue weighted by molar-refractivity contribution is 0.426. The average Bonchev–Trinajstić information content (AvgIpc) is 2.19. The molecule has 0 spiro atoms. The highest BCUT2D eigenvalue weighted by molar-refractivity contribution is 6.30. The topological polar surface area (TPSA) is 12.0 Å². The molecular weight excluding hydrogens is 213 g/mol. The first kappa shape index (κ1) is 12.5. The largest absolute Gasteiger partial charge is 0.310 e. The molecule has 0 saturated heterocycles. The summed E-state index contributed by atoms with van der Waals surface area (Å²) in [5, 5.41) is 3.55. The Bertz CT molecular complexity index is 325. The van der Waals surface area contributed by atoms with Gasteiger partial charge in [-0.1, -0.05) is 31.5 Å². The minimum atomic E-state index is -0.364. The van der Waals surface area contributed by atoms with E-state index in [1.807, 2.05) is 0 Å². The third-order valence-corrected chi connectivity index (χ3v) is 2.90. The van der Waals surface area contributed by atoms with Crippen LogP contribution in [0.5, 0.6) is 0 Å². The molecule has 1 N–H and O–H groups in total. The molecule has 0 aliphatic heterocycles. The number of halogens is 2. The second kappa shape index (κ2) is 5.47. The lowest BCUT2D eigenvalue weighted by Gasteiger charge is -2.17. The molecule has 0 aromatic heterocycles. The Morgan fingerprint density at radius 3 is 2.53 bits per heavy atom. The number of benzene rings is 1. The van der Waals surface area contributed by atoms with Crippen molar-refractivity contribution in [1.29, 1.82) is 0 Å². The lowest BCUT2D eigenvalue weighted by Crippen LogP contribution is -2.30. The summed E-state index contributed by atoms with van der Waals surface area (Å²) in [5.74, 6) is 0.221. The summed E-state index contributed by atoms with van der Waals surface area (Å²) in [6, 6.07) is 5.26. The molecule has 0 aliphatic carbocycles. The molecule has 0 radical (unpaired) electrons. The van der Waals surface area contributed by atoms with Crippen LogP contribution in [0.25, 0.3) is 0 Å². The Morgan fingerprint density at radius 1 is 1.33 bits per heavy atom. The van der Waals surface area contributed by atoms with Gasteiger partial charge in [0.15, 0.2) is 0 Å². The first-order valence-electron chi connectivity index (χ1n) is 5.18. The fraction of sp³-hybridized carbons (Fsp3) is 0.500. The second-order valence-corrected chi connectivity index (χ2v) is 4.57. The maximum absolute atomic E-state index is 12.9. The molecule has 0 aliphatic rings. The molecule has 1 atom stereocenters. The van der Waals surface area contributed by atoms with Crippen molar-refractivity contribution in [2.45, 2.75) is 33.4 Å². The van der Waals surface area contributed by atoms with Crippen molar-refractivity contribution in [3.05, 3.63) is 34.6 Å². The molecule has 0 amide bonds. The lowest BCUT2D eigenvalue weighted by atomic mass is 10.1. The van der Waals surface area contributed by atoms with Crippen LogP contribution in [0.4, 0.5) is 4.39 Å². The van der Waals surface area contributed by atoms with E-state index in [0.29, 0.717) is 12.0 Å². The highest BCUT2D eigenvalue weighted by atomic mass is 35.5. The standard InChI is InChI=1S/C12H17ClFN/c1-8(2)9(3)15-7-10-4-5-12(14)11(13)6-10/h4-6,8-9,15H,7H2,1-3H3/t9-/m0/s1. The maximum Gasteiger partial charge on any atom is 0.141 e. The van der Waals surface area contributed by atoms with Crippen molar-refractivity contribution in [1.82, 2.24) is 5.32 Å². The third kappa shape index (κ3) is 3.80. The van der Waals surface area contributed by atoms with Crippen molar-refractivity contribution in [2.75, 3.05) is 0 Å². The van der Waals surface area contributed by atoms with E-state index in [1.165, 1.54) is 6.07 Å². The number of hydrogen-bond acceptors (Lipinski definition) is 1. The van der Waals surface area contributed by atoms with E-state index in [-0.39, 0.29) is 10.8 Å². The molecule has 0 unspecified atom stereocenters. The molecule has 3 heteroatoms. The molecule has 0 bridgehead atoms. The van der Waals surface area contributed by atoms with Crippen molar-refractivity contribution >= 4 is 11.6 Å². The molecule has 15 heavy (non-hydrogen) atoms. The molecule has 1 aromatic rings. The predicted molar refractivity (Wildman–Crippen MR) is 62.5 cm³/mol. The summed E-state index contributed by atoms with van der Waals surface area (Å²) in [7, 11) is 0. The van der Waals surface area contributed by atoms with Crippen molar-refractivity contribution < 1.29 is 4.39 Å². The zero-order valence-corrected chi connectivity index (χ0v) is 10.1. The average molecular weight is 230 g/mol. The third-order valence-electron chi connectivity index (χ3n) is 2.61. The van der Waals surface area contributed by atoms with Gasteiger partial charge >= 0.3 is 0 Å². The Balaban J connectivity index is 2.55. The van der Waals surface area contributed by atoms with E-state index in [2.05, 4.69) is 26.1 Å². The summed E-state index contributed by atoms with van der Waals surface area (Å²) in [6.07, 6.45) is 0. The predicted octanol–water partition coefficient (Wildman–Crippen LogP) is 3.61. The zero-order chi connectivity index (χ0) is 11.4. The van der Waals surface area contributed by atoms with Crippen LogP contribution in [0.3, 0.4) is 0 Å². The van der Waals surface area contributed by atoms with Gasteiger partial charge in [0.25, 0.3) is 0 Å². The highest BCUT2D eigenvalue weighted by Crippen LogP contribution is 2.16. The summed E-state index contributed by atoms with van der Waals surface area (Å²) >= 11 is 5.69. The van der Waals surface area contributed by atoms with Gasteiger partial charge in [0.1, 0.15) is 5.82 Å². The van der Waals surface area contributed by atoms with Crippen LogP contribution in [-0.4, -0.2) is 6.04 Å². The van der Waals surface area contributed by atoms with Crippen molar-refractivity contribution in [3.8, 4) is 0 Å². The molecule has 1 rings (SSSR count). The smallest absolute Gasteiger partial charge is 0.141 e. The van der Waals surface area contributed by atoms with Gasteiger partial charge < -0.3 is 5.32 Å². The Kier molecular flexibility index (Phi) is 4.55. The van der Waals surface area contributed by atoms with Crippen LogP contribution in [0, 0.1) is 11.7 Å². The summed E-state index contributed by atoms with van der Waals surface area (Å²) in [5.41, 5.74) is 1.01. The SMILES string of the molecule is CC(C)[C@H](C)NCc1ccc(F)c(Cl)c1. The molecule has 1 aromatic carbocycles. The molecule has 0 heterocycles. The van der Waals surface area contributed by atoms with Crippen LogP contribution in [-0.2, 0) is 6.54 Å². The number of rotatable bonds is 4. The first-order chi connectivity index (χ1) is 7.00. The van der Waals surface area contributed by atoms with Gasteiger partial charge in [-0.25, -0.2) is 4.39 Å². The molecule has 0 saturated carbocycles. The quantitative estimate of drug-likeness (QED) is 0.832. The molecule has 84 valence electrons. The Morgan fingerprint density at radius 2 is 2.00 bits per heavy atom. The van der Waals surface area contributed by atoms with Crippen LogP contribution in [0.2, 0.25) is 5.02 Å². The molecular formula is C12H17ClFN. The van der Waals surface area contributed by atoms with E-state index in [0.717, 1.165) is 12.1 Å². The van der Waals surface area contributed by atoms with E-state index in [1.54, 1.807) is 12.1 Å². The zero-order valence-electron chi connectivity index (χ0n) is 9.35. The normalized spacial score (nSPS) is 13.2. The first-order valence-corrected chi connectivity index (χ1v) is 5.56. The van der Waals surface area contributed by atoms with E-state index < -0.39 is 0 Å². The molecule has 0 fully saturated rings. The van der Waals surface area contributed by atoms with E-state index in [4.69, 9.17) is 11.6 Å². The maximum atomic E-state index is 12.9. The van der Waals surface area contributed by atoms with Gasteiger partial charge in [-0.05, 0) is 30.5 Å². The van der Waals surface area contributed by atoms with Crippen LogP contribution in [0.15, 0.2) is 18.2 Å². The van der Waals surface area contributed by atoms with Crippen LogP contribution < -0.4 is 5.32 Å². The minimum absolute atomic E-state index is 0.187. The van der Waals surface area contributed by atoms with Crippen molar-refractivity contribution in [2.24, 2.45) is 5.92 Å². The monoisotopic (exact) mass is 229 g/mol. The summed E-state index contributed by atoms with van der Waals surface area (Å²) < 4.78 is 12.9. The number of hydrogen-bond donors (Lipinski definition) is 1. The van der Waals surface area contributed by atoms with E-state index >= 15 is 0 Å². The highest BCUT2D eigenvalue weighted by Gasteiger charge is 2.06. The number of nitrogens with one attached hydrogen (secondary N) is 1. The van der Waals surface area contributed by atoms with Gasteiger partial charge in [-0.15, -0.1) is 0 Å². The van der Waals surface area contributed by atoms with Crippen LogP contribution in [0.1, 0.15) is 26.3 Å². The van der Waals surface area contributed by atoms with Gasteiger partial charge in [0.05, 0.1) is 5.02 Å². The van der Waals surface area contributed by atoms with E-state index in [9.17, 15) is 4.39 Å². The fourth-order valence-electron chi connectivity index (χ4n) is 1.16. The Hall–Kier alpha value is -0.600. The second-order valence-electron chi connectivity index (χ2n) is 4.16. The minimum Gasteiger partial charge on any atom is -0.310 e. The fourth-order valence-corrected chi connectivity index (χ4v) is 1.37. The van der Waals surface area contributed by atoms with Gasteiger partial charge in [0.2, 0.25) is 0 Å². The Labute approximate surface area is 95.6 Å². The molecule has 1 nitrogen and oxygen atoms in total. The van der Waals surface area contributed by atoms with Crippen LogP contribution >= 0.6 is 11.6 Å². The van der Waals surface area contributed by atoms with Gasteiger partial charge in [-0.3, -0.25) is 0 Å². The summed E-state index contributed by atoms with van der Waals surface area (Å²) in [6.45, 7) is 7.18. The van der Waals surface area contributed by atoms with Crippen molar-refractivity contribution in [3.63, 3.8) is 0 Å². The summed E-state index contributed by atoms with van der Waals surface area (Å²) in [4.78, 5) is 0.